The highest BCUT2D eigenvalue weighted by Crippen LogP contribution is 2.23. The topological polar surface area (TPSA) is 165 Å². The first-order chi connectivity index (χ1) is 18.8. The molecular weight excluding hydrogens is 500 g/mol. The number of pyridine rings is 1. The number of nitrogens with zero attached hydrogens (tertiary/aromatic N) is 7. The van der Waals surface area contributed by atoms with E-state index in [1.807, 2.05) is 4.90 Å². The fraction of sp³-hybridized carbons (Fsp3) is 0.333. The number of aromatic nitrogens is 5. The maximum Gasteiger partial charge on any atom is 0.325 e. The number of imidazole rings is 1. The molecule has 4 heterocycles. The van der Waals surface area contributed by atoms with Crippen LogP contribution < -0.4 is 21.8 Å². The van der Waals surface area contributed by atoms with Gasteiger partial charge in [0.25, 0.3) is 11.1 Å². The van der Waals surface area contributed by atoms with E-state index < -0.39 is 23.6 Å². The molecule has 0 saturated carbocycles. The summed E-state index contributed by atoms with van der Waals surface area (Å²) in [5, 5.41) is 19.9. The Morgan fingerprint density at radius 1 is 1.21 bits per heavy atom. The molecule has 1 aromatic carbocycles. The van der Waals surface area contributed by atoms with E-state index in [4.69, 9.17) is 5.73 Å². The number of carboxylic acids is 1. The number of hydrogen-bond acceptors (Lipinski definition) is 8. The number of benzene rings is 1. The summed E-state index contributed by atoms with van der Waals surface area (Å²) in [4.78, 5) is 50.5. The van der Waals surface area contributed by atoms with E-state index in [9.17, 15) is 24.8 Å². The maximum atomic E-state index is 14.0. The van der Waals surface area contributed by atoms with E-state index in [1.165, 1.54) is 6.07 Å². The van der Waals surface area contributed by atoms with E-state index >= 15 is 0 Å². The SMILES string of the molecule is CC#CCn1c(N2CCCC(N)C2)nc2c(=O)n(CC(=O)O)n(Cc3cc(C#N)c4ccccc4n3)c(=O)c21. The molecule has 1 fully saturated rings. The van der Waals surface area contributed by atoms with Crippen molar-refractivity contribution in [2.75, 3.05) is 18.0 Å². The smallest absolute Gasteiger partial charge is 0.325 e. The van der Waals surface area contributed by atoms with Crippen molar-refractivity contribution >= 4 is 33.9 Å². The van der Waals surface area contributed by atoms with Crippen molar-refractivity contribution in [3.05, 3.63) is 62.3 Å². The summed E-state index contributed by atoms with van der Waals surface area (Å²) in [5.74, 6) is 4.86. The number of fused-ring (bicyclic) bond motifs is 2. The predicted molar refractivity (Wildman–Crippen MR) is 144 cm³/mol. The molecule has 3 aromatic heterocycles. The lowest BCUT2D eigenvalue weighted by Crippen LogP contribution is -2.44. The summed E-state index contributed by atoms with van der Waals surface area (Å²) in [6.07, 6.45) is 1.68. The van der Waals surface area contributed by atoms with Crippen LogP contribution in [0.25, 0.3) is 21.9 Å². The average molecular weight is 527 g/mol. The Morgan fingerprint density at radius 2 is 2.00 bits per heavy atom. The minimum atomic E-state index is -1.30. The molecule has 0 amide bonds. The van der Waals surface area contributed by atoms with Crippen LogP contribution in [0.4, 0.5) is 5.95 Å². The molecular formula is C27H26N8O4. The van der Waals surface area contributed by atoms with Crippen LogP contribution >= 0.6 is 0 Å². The largest absolute Gasteiger partial charge is 0.480 e. The van der Waals surface area contributed by atoms with Crippen LogP contribution in [0.15, 0.2) is 39.9 Å². The summed E-state index contributed by atoms with van der Waals surface area (Å²) < 4.78 is 3.52. The van der Waals surface area contributed by atoms with Crippen LogP contribution in [0.3, 0.4) is 0 Å². The first kappa shape index (κ1) is 25.7. The number of anilines is 1. The molecule has 1 unspecified atom stereocenters. The third kappa shape index (κ3) is 4.74. The van der Waals surface area contributed by atoms with E-state index in [-0.39, 0.29) is 30.2 Å². The highest BCUT2D eigenvalue weighted by molar-refractivity contribution is 5.84. The summed E-state index contributed by atoms with van der Waals surface area (Å²) in [6, 6.07) is 10.7. The molecule has 39 heavy (non-hydrogen) atoms. The Balaban J connectivity index is 1.76. The minimum absolute atomic E-state index is 0.0276. The van der Waals surface area contributed by atoms with E-state index in [0.717, 1.165) is 22.2 Å². The molecule has 4 aromatic rings. The van der Waals surface area contributed by atoms with Gasteiger partial charge in [-0.3, -0.25) is 23.9 Å². The van der Waals surface area contributed by atoms with Gasteiger partial charge in [-0.05, 0) is 31.9 Å². The third-order valence-electron chi connectivity index (χ3n) is 6.75. The molecule has 5 rings (SSSR count). The van der Waals surface area contributed by atoms with Crippen LogP contribution in [-0.4, -0.2) is 54.1 Å². The molecule has 0 spiro atoms. The van der Waals surface area contributed by atoms with Crippen molar-refractivity contribution in [3.8, 4) is 17.9 Å². The zero-order valence-electron chi connectivity index (χ0n) is 21.3. The Hall–Kier alpha value is -4.94. The number of hydrogen-bond donors (Lipinski definition) is 2. The van der Waals surface area contributed by atoms with Crippen LogP contribution in [0.1, 0.15) is 31.0 Å². The monoisotopic (exact) mass is 526 g/mol. The van der Waals surface area contributed by atoms with Crippen molar-refractivity contribution < 1.29 is 9.90 Å². The van der Waals surface area contributed by atoms with Crippen LogP contribution in [-0.2, 0) is 24.4 Å². The number of carboxylic acid groups (broad SMARTS) is 1. The van der Waals surface area contributed by atoms with Gasteiger partial charge in [0, 0.05) is 24.5 Å². The third-order valence-corrected chi connectivity index (χ3v) is 6.75. The van der Waals surface area contributed by atoms with Crippen molar-refractivity contribution in [3.63, 3.8) is 0 Å². The van der Waals surface area contributed by atoms with Crippen molar-refractivity contribution in [2.24, 2.45) is 5.73 Å². The number of piperidine rings is 1. The van der Waals surface area contributed by atoms with Gasteiger partial charge in [-0.1, -0.05) is 24.1 Å². The number of carbonyl (C=O) groups is 1. The lowest BCUT2D eigenvalue weighted by Gasteiger charge is -2.31. The number of para-hydroxylation sites is 1. The van der Waals surface area contributed by atoms with Gasteiger partial charge in [0.15, 0.2) is 5.52 Å². The highest BCUT2D eigenvalue weighted by Gasteiger charge is 2.27. The molecule has 1 saturated heterocycles. The Morgan fingerprint density at radius 3 is 2.72 bits per heavy atom. The number of nitrogens with two attached hydrogens (primary N) is 1. The lowest BCUT2D eigenvalue weighted by atomic mass is 10.1. The Kier molecular flexibility index (Phi) is 6.88. The first-order valence-electron chi connectivity index (χ1n) is 12.5. The lowest BCUT2D eigenvalue weighted by molar-refractivity contribution is -0.138. The normalized spacial score (nSPS) is 15.2. The van der Waals surface area contributed by atoms with E-state index in [1.54, 1.807) is 35.8 Å². The number of aliphatic carboxylic acids is 1. The van der Waals surface area contributed by atoms with Crippen molar-refractivity contribution in [1.29, 1.82) is 5.26 Å². The fourth-order valence-corrected chi connectivity index (χ4v) is 5.01. The zero-order valence-corrected chi connectivity index (χ0v) is 21.3. The Labute approximate surface area is 222 Å². The van der Waals surface area contributed by atoms with Crippen molar-refractivity contribution in [2.45, 2.75) is 45.4 Å². The molecule has 0 bridgehead atoms. The fourth-order valence-electron chi connectivity index (χ4n) is 5.01. The van der Waals surface area contributed by atoms with Crippen LogP contribution in [0.2, 0.25) is 0 Å². The molecule has 1 aliphatic rings. The van der Waals surface area contributed by atoms with Gasteiger partial charge in [0.2, 0.25) is 5.95 Å². The van der Waals surface area contributed by atoms with Gasteiger partial charge in [-0.25, -0.2) is 14.3 Å². The molecule has 1 aliphatic heterocycles. The van der Waals surface area contributed by atoms with Gasteiger partial charge in [0.1, 0.15) is 12.1 Å². The van der Waals surface area contributed by atoms with Gasteiger partial charge >= 0.3 is 5.97 Å². The molecule has 12 heteroatoms. The summed E-state index contributed by atoms with van der Waals surface area (Å²) in [7, 11) is 0. The van der Waals surface area contributed by atoms with E-state index in [2.05, 4.69) is 27.9 Å². The van der Waals surface area contributed by atoms with Crippen molar-refractivity contribution in [1.82, 2.24) is 23.9 Å². The molecule has 12 nitrogen and oxygen atoms in total. The zero-order chi connectivity index (χ0) is 27.7. The molecule has 0 radical (unpaired) electrons. The second kappa shape index (κ2) is 10.4. The van der Waals surface area contributed by atoms with Gasteiger partial charge in [-0.2, -0.15) is 5.26 Å². The number of rotatable bonds is 6. The van der Waals surface area contributed by atoms with Crippen LogP contribution in [0.5, 0.6) is 0 Å². The quantitative estimate of drug-likeness (QED) is 0.347. The molecule has 0 aliphatic carbocycles. The van der Waals surface area contributed by atoms with Gasteiger partial charge < -0.3 is 15.7 Å². The maximum absolute atomic E-state index is 14.0. The average Bonchev–Trinajstić information content (AvgIpc) is 3.31. The van der Waals surface area contributed by atoms with E-state index in [0.29, 0.717) is 41.2 Å². The van der Waals surface area contributed by atoms with Gasteiger partial charge in [-0.15, -0.1) is 5.92 Å². The standard InChI is InChI=1S/C27H26N8O4/c1-2-3-11-33-24-23(31-27(33)32-10-6-7-18(29)14-32)25(38)35(16-22(36)37)34(26(24)39)15-19-12-17(13-28)20-8-4-5-9-21(20)30-19/h4-5,8-9,12,18H,6-7,10-11,14-16,29H2,1H3,(H,36,37). The summed E-state index contributed by atoms with van der Waals surface area (Å²) >= 11 is 0. The first-order valence-corrected chi connectivity index (χ1v) is 12.5. The molecule has 3 N–H and O–H groups in total. The summed E-state index contributed by atoms with van der Waals surface area (Å²) in [5.41, 5.74) is 5.96. The molecule has 1 atom stereocenters. The minimum Gasteiger partial charge on any atom is -0.480 e. The van der Waals surface area contributed by atoms with Gasteiger partial charge in [0.05, 0.1) is 35.9 Å². The Bertz CT molecular complexity index is 1830. The second-order valence-corrected chi connectivity index (χ2v) is 9.38. The summed E-state index contributed by atoms with van der Waals surface area (Å²) in [6.45, 7) is 1.94. The highest BCUT2D eigenvalue weighted by atomic mass is 16.4. The van der Waals surface area contributed by atoms with Crippen LogP contribution in [0, 0.1) is 23.2 Å². The predicted octanol–water partition coefficient (Wildman–Crippen LogP) is 0.863. The molecule has 198 valence electrons. The second-order valence-electron chi connectivity index (χ2n) is 9.38. The number of nitriles is 1.